The van der Waals surface area contributed by atoms with E-state index in [1.165, 1.54) is 5.56 Å². The van der Waals surface area contributed by atoms with Gasteiger partial charge in [0.1, 0.15) is 0 Å². The van der Waals surface area contributed by atoms with Crippen LogP contribution in [0, 0.1) is 11.8 Å². The van der Waals surface area contributed by atoms with E-state index in [1.807, 2.05) is 25.1 Å². The highest BCUT2D eigenvalue weighted by molar-refractivity contribution is 8.04. The molecule has 3 heterocycles. The minimum atomic E-state index is -1.33. The molecule has 1 aromatic rings. The molecule has 0 aliphatic carbocycles. The largest absolute Gasteiger partial charge is 0.512 e. The van der Waals surface area contributed by atoms with E-state index in [0.717, 1.165) is 31.0 Å². The van der Waals surface area contributed by atoms with Gasteiger partial charge in [0.25, 0.3) is 0 Å². The summed E-state index contributed by atoms with van der Waals surface area (Å²) in [6.07, 6.45) is 4.01. The van der Waals surface area contributed by atoms with Gasteiger partial charge in [0.05, 0.1) is 27.3 Å². The number of aliphatic hydroxyl groups excluding tert-OH is 1. The van der Waals surface area contributed by atoms with Crippen molar-refractivity contribution in [1.29, 1.82) is 0 Å². The molecule has 2 saturated heterocycles. The molecular weight excluding hydrogens is 420 g/mol. The molecule has 2 N–H and O–H groups in total. The second-order valence-corrected chi connectivity index (χ2v) is 9.39. The van der Waals surface area contributed by atoms with Crippen LogP contribution in [0.4, 0.5) is 4.79 Å². The number of hydrogen-bond donors (Lipinski definition) is 2. The first-order chi connectivity index (χ1) is 14.5. The summed E-state index contributed by atoms with van der Waals surface area (Å²) in [6.45, 7) is 4.57. The van der Waals surface area contributed by atoms with E-state index >= 15 is 0 Å². The highest BCUT2D eigenvalue weighted by Gasteiger charge is 2.56. The Morgan fingerprint density at radius 3 is 2.87 bits per heavy atom. The molecule has 1 aromatic carbocycles. The Labute approximate surface area is 186 Å². The third kappa shape index (κ3) is 4.14. The van der Waals surface area contributed by atoms with Gasteiger partial charge in [0.15, 0.2) is 0 Å². The number of rotatable bonds is 7. The minimum Gasteiger partial charge on any atom is -0.449 e. The smallest absolute Gasteiger partial charge is 0.449 e. The van der Waals surface area contributed by atoms with E-state index in [1.54, 1.807) is 16.7 Å². The maximum absolute atomic E-state index is 11.3. The number of nitrogens with zero attached hydrogens (tertiary/aromatic N) is 2. The zero-order chi connectivity index (χ0) is 21.3. The number of fused-ring (bicyclic) bond motifs is 1. The van der Waals surface area contributed by atoms with Gasteiger partial charge in [-0.2, -0.15) is 0 Å². The lowest BCUT2D eigenvalue weighted by atomic mass is 9.91. The first kappa shape index (κ1) is 21.4. The molecule has 160 valence electrons. The first-order valence-electron chi connectivity index (χ1n) is 10.3. The number of thioether (sulfide) groups is 1. The predicted molar refractivity (Wildman–Crippen MR) is 122 cm³/mol. The topological polar surface area (TPSA) is 73.2 Å². The molecule has 3 aliphatic heterocycles. The zero-order valence-corrected chi connectivity index (χ0v) is 18.4. The van der Waals surface area contributed by atoms with Crippen LogP contribution in [-0.4, -0.2) is 62.3 Å². The molecule has 3 aliphatic rings. The van der Waals surface area contributed by atoms with Crippen molar-refractivity contribution in [3.8, 4) is 0 Å². The summed E-state index contributed by atoms with van der Waals surface area (Å²) in [7, 11) is 0. The van der Waals surface area contributed by atoms with Gasteiger partial charge in [-0.1, -0.05) is 73.4 Å². The molecule has 0 bridgehead atoms. The van der Waals surface area contributed by atoms with Gasteiger partial charge in [-0.05, 0) is 24.9 Å². The third-order valence-corrected chi connectivity index (χ3v) is 7.87. The van der Waals surface area contributed by atoms with Gasteiger partial charge in [0.2, 0.25) is 5.88 Å². The van der Waals surface area contributed by atoms with Crippen molar-refractivity contribution >= 4 is 41.2 Å². The number of aliphatic hydroxyl groups is 1. The van der Waals surface area contributed by atoms with Gasteiger partial charge in [-0.25, -0.2) is 4.79 Å². The molecule has 4 atom stereocenters. The highest BCUT2D eigenvalue weighted by Crippen LogP contribution is 2.54. The molecule has 1 unspecified atom stereocenters. The van der Waals surface area contributed by atoms with Crippen LogP contribution in [0.15, 0.2) is 47.2 Å². The zero-order valence-electron chi connectivity index (χ0n) is 16.8. The van der Waals surface area contributed by atoms with Crippen LogP contribution in [0.1, 0.15) is 25.3 Å². The molecule has 6 nitrogen and oxygen atoms in total. The molecule has 0 radical (unpaired) electrons. The molecule has 4 rings (SSSR count). The second kappa shape index (κ2) is 9.09. The Kier molecular flexibility index (Phi) is 6.48. The number of hydrogen-bond acceptors (Lipinski definition) is 6. The standard InChI is InChI=1S/C22H26N2O4S2/c1-2-16(25)17-20(29)24-19(28-22(26)27)18(30-21(17)24)15-10-12-23(13-15)11-6-9-14-7-4-3-5-8-14/h3-9,15-17,21,25H,2,10-13H2,1H3,(H,26,27)/t15?,16-,17-,21+/m0/s1. The van der Waals surface area contributed by atoms with Crippen LogP contribution in [0.3, 0.4) is 0 Å². The Bertz CT molecular complexity index is 873. The molecular formula is C22H26N2O4S2. The van der Waals surface area contributed by atoms with E-state index in [9.17, 15) is 15.0 Å². The normalized spacial score (nSPS) is 27.5. The Hall–Kier alpha value is -1.87. The predicted octanol–water partition coefficient (Wildman–Crippen LogP) is 3.99. The minimum absolute atomic E-state index is 0.0659. The van der Waals surface area contributed by atoms with E-state index in [-0.39, 0.29) is 17.2 Å². The van der Waals surface area contributed by atoms with Gasteiger partial charge in [0, 0.05) is 19.0 Å². The van der Waals surface area contributed by atoms with Crippen molar-refractivity contribution in [3.05, 3.63) is 52.8 Å². The maximum Gasteiger partial charge on any atom is 0.512 e. The van der Waals surface area contributed by atoms with Gasteiger partial charge >= 0.3 is 6.16 Å². The van der Waals surface area contributed by atoms with E-state index in [0.29, 0.717) is 17.3 Å². The van der Waals surface area contributed by atoms with Crippen LogP contribution >= 0.6 is 24.0 Å². The molecule has 2 fully saturated rings. The number of carboxylic acid groups (broad SMARTS) is 1. The molecule has 0 amide bonds. The third-order valence-electron chi connectivity index (χ3n) is 5.90. The number of thiocarbonyl (C=S) groups is 1. The summed E-state index contributed by atoms with van der Waals surface area (Å²) in [6, 6.07) is 10.2. The Morgan fingerprint density at radius 2 is 2.17 bits per heavy atom. The van der Waals surface area contributed by atoms with E-state index < -0.39 is 12.3 Å². The summed E-state index contributed by atoms with van der Waals surface area (Å²) in [5.74, 6) is 0.433. The second-order valence-electron chi connectivity index (χ2n) is 7.81. The number of carbonyl (C=O) groups is 1. The van der Waals surface area contributed by atoms with Crippen molar-refractivity contribution in [1.82, 2.24) is 9.80 Å². The fourth-order valence-corrected chi connectivity index (χ4v) is 6.60. The van der Waals surface area contributed by atoms with Gasteiger partial charge < -0.3 is 14.9 Å². The molecule has 8 heteroatoms. The quantitative estimate of drug-likeness (QED) is 0.481. The van der Waals surface area contributed by atoms with Crippen molar-refractivity contribution in [2.75, 3.05) is 19.6 Å². The number of ether oxygens (including phenoxy) is 1. The summed E-state index contributed by atoms with van der Waals surface area (Å²) < 4.78 is 5.18. The Morgan fingerprint density at radius 1 is 1.40 bits per heavy atom. The molecule has 0 spiro atoms. The van der Waals surface area contributed by atoms with E-state index in [4.69, 9.17) is 17.0 Å². The van der Waals surface area contributed by atoms with Crippen LogP contribution in [0.5, 0.6) is 0 Å². The van der Waals surface area contributed by atoms with Crippen molar-refractivity contribution in [2.45, 2.75) is 31.2 Å². The molecule has 30 heavy (non-hydrogen) atoms. The van der Waals surface area contributed by atoms with Crippen LogP contribution in [-0.2, 0) is 4.74 Å². The monoisotopic (exact) mass is 446 g/mol. The fraction of sp³-hybridized carbons (Fsp3) is 0.455. The van der Waals surface area contributed by atoms with Crippen LogP contribution in [0.25, 0.3) is 6.08 Å². The van der Waals surface area contributed by atoms with Crippen molar-refractivity contribution in [2.24, 2.45) is 11.8 Å². The van der Waals surface area contributed by atoms with Crippen molar-refractivity contribution in [3.63, 3.8) is 0 Å². The average molecular weight is 447 g/mol. The summed E-state index contributed by atoms with van der Waals surface area (Å²) in [4.78, 5) is 17.0. The lowest BCUT2D eigenvalue weighted by Gasteiger charge is -2.46. The lowest BCUT2D eigenvalue weighted by molar-refractivity contribution is 0.0571. The summed E-state index contributed by atoms with van der Waals surface area (Å²) in [5, 5.41) is 19.5. The highest BCUT2D eigenvalue weighted by atomic mass is 32.2. The SMILES string of the molecule is CC[C@H](O)[C@H]1C(=S)N2C(OC(=O)O)=C(C3CCN(CC=Cc4ccccc4)C3)S[C@H]12. The summed E-state index contributed by atoms with van der Waals surface area (Å²) in [5.41, 5.74) is 1.18. The van der Waals surface area contributed by atoms with Gasteiger partial charge in [-0.15, -0.1) is 0 Å². The van der Waals surface area contributed by atoms with Gasteiger partial charge in [-0.3, -0.25) is 9.80 Å². The average Bonchev–Trinajstić information content (AvgIpc) is 3.30. The lowest BCUT2D eigenvalue weighted by Crippen LogP contribution is -2.59. The van der Waals surface area contributed by atoms with Crippen molar-refractivity contribution < 1.29 is 19.7 Å². The number of likely N-dealkylation sites (tertiary alicyclic amines) is 1. The number of benzene rings is 1. The molecule has 0 aromatic heterocycles. The first-order valence-corrected chi connectivity index (χ1v) is 11.5. The van der Waals surface area contributed by atoms with Crippen LogP contribution in [0.2, 0.25) is 0 Å². The summed E-state index contributed by atoms with van der Waals surface area (Å²) >= 11 is 7.11. The van der Waals surface area contributed by atoms with Crippen LogP contribution < -0.4 is 0 Å². The Balaban J connectivity index is 1.43. The molecule has 0 saturated carbocycles. The van der Waals surface area contributed by atoms with E-state index in [2.05, 4.69) is 29.2 Å². The fourth-order valence-electron chi connectivity index (χ4n) is 4.30. The maximum atomic E-state index is 11.3.